The average Bonchev–Trinajstić information content (AvgIpc) is 3.02. The van der Waals surface area contributed by atoms with Crippen LogP contribution in [0.25, 0.3) is 5.52 Å². The Morgan fingerprint density at radius 3 is 3.00 bits per heavy atom. The van der Waals surface area contributed by atoms with Crippen LogP contribution in [0.4, 0.5) is 0 Å². The fourth-order valence-electron chi connectivity index (χ4n) is 2.27. The maximum Gasteiger partial charge on any atom is 0.108 e. The minimum absolute atomic E-state index is 0.517. The molecule has 0 saturated heterocycles. The first-order valence-electron chi connectivity index (χ1n) is 6.32. The van der Waals surface area contributed by atoms with Crippen molar-refractivity contribution in [2.75, 3.05) is 0 Å². The fraction of sp³-hybridized carbons (Fsp3) is 0.286. The van der Waals surface area contributed by atoms with E-state index in [4.69, 9.17) is 0 Å². The number of hydrogen-bond acceptors (Lipinski definition) is 3. The molecule has 0 spiro atoms. The van der Waals surface area contributed by atoms with E-state index < -0.39 is 6.10 Å². The predicted octanol–water partition coefficient (Wildman–Crippen LogP) is 1.73. The van der Waals surface area contributed by atoms with Crippen LogP contribution in [0.5, 0.6) is 0 Å². The van der Waals surface area contributed by atoms with Crippen LogP contribution in [-0.2, 0) is 13.5 Å². The number of aryl methyl sites for hydroxylation is 2. The van der Waals surface area contributed by atoms with E-state index in [2.05, 4.69) is 10.1 Å². The van der Waals surface area contributed by atoms with Gasteiger partial charge in [-0.2, -0.15) is 5.10 Å². The fourth-order valence-corrected chi connectivity index (χ4v) is 2.27. The minimum atomic E-state index is -0.517. The highest BCUT2D eigenvalue weighted by Gasteiger charge is 2.14. The molecule has 0 bridgehead atoms. The van der Waals surface area contributed by atoms with Crippen LogP contribution >= 0.6 is 0 Å². The van der Waals surface area contributed by atoms with Gasteiger partial charge in [0.15, 0.2) is 0 Å². The third-order valence-corrected chi connectivity index (χ3v) is 3.38. The highest BCUT2D eigenvalue weighted by atomic mass is 16.3. The largest absolute Gasteiger partial charge is 0.388 e. The van der Waals surface area contributed by atoms with E-state index in [1.807, 2.05) is 42.2 Å². The summed E-state index contributed by atoms with van der Waals surface area (Å²) >= 11 is 0. The van der Waals surface area contributed by atoms with Gasteiger partial charge < -0.3 is 9.67 Å². The maximum atomic E-state index is 10.3. The second-order valence-corrected chi connectivity index (χ2v) is 4.64. The number of rotatable bonds is 4. The SMILES string of the molecule is Cn1ccnc1CCC(O)c1cnn2ccccc12. The second-order valence-electron chi connectivity index (χ2n) is 4.64. The number of hydrogen-bond donors (Lipinski definition) is 1. The van der Waals surface area contributed by atoms with Crippen molar-refractivity contribution in [3.63, 3.8) is 0 Å². The van der Waals surface area contributed by atoms with Crippen molar-refractivity contribution in [2.45, 2.75) is 18.9 Å². The molecule has 98 valence electrons. The van der Waals surface area contributed by atoms with Crippen LogP contribution in [0.3, 0.4) is 0 Å². The lowest BCUT2D eigenvalue weighted by Gasteiger charge is -2.09. The van der Waals surface area contributed by atoms with Crippen molar-refractivity contribution in [3.8, 4) is 0 Å². The summed E-state index contributed by atoms with van der Waals surface area (Å²) in [5.41, 5.74) is 1.82. The van der Waals surface area contributed by atoms with Gasteiger partial charge in [0.1, 0.15) is 5.82 Å². The normalized spacial score (nSPS) is 12.9. The Balaban J connectivity index is 1.77. The lowest BCUT2D eigenvalue weighted by molar-refractivity contribution is 0.168. The van der Waals surface area contributed by atoms with Crippen molar-refractivity contribution in [2.24, 2.45) is 7.05 Å². The van der Waals surface area contributed by atoms with Crippen molar-refractivity contribution in [1.82, 2.24) is 19.2 Å². The first-order valence-corrected chi connectivity index (χ1v) is 6.32. The van der Waals surface area contributed by atoms with Gasteiger partial charge in [0, 0.05) is 37.6 Å². The molecule has 0 aliphatic heterocycles. The molecule has 1 atom stereocenters. The van der Waals surface area contributed by atoms with Gasteiger partial charge >= 0.3 is 0 Å². The number of nitrogens with zero attached hydrogens (tertiary/aromatic N) is 4. The highest BCUT2D eigenvalue weighted by Crippen LogP contribution is 2.22. The van der Waals surface area contributed by atoms with E-state index in [0.717, 1.165) is 23.3 Å². The minimum Gasteiger partial charge on any atom is -0.388 e. The third-order valence-electron chi connectivity index (χ3n) is 3.38. The van der Waals surface area contributed by atoms with Crippen molar-refractivity contribution in [3.05, 3.63) is 54.4 Å². The molecule has 5 heteroatoms. The zero-order valence-corrected chi connectivity index (χ0v) is 10.8. The molecular weight excluding hydrogens is 240 g/mol. The summed E-state index contributed by atoms with van der Waals surface area (Å²) in [6.45, 7) is 0. The Kier molecular flexibility index (Phi) is 3.05. The molecule has 0 saturated carbocycles. The summed E-state index contributed by atoms with van der Waals surface area (Å²) in [4.78, 5) is 4.26. The topological polar surface area (TPSA) is 55.3 Å². The van der Waals surface area contributed by atoms with Crippen LogP contribution in [0.1, 0.15) is 23.9 Å². The van der Waals surface area contributed by atoms with Gasteiger partial charge in [-0.15, -0.1) is 0 Å². The van der Waals surface area contributed by atoms with Gasteiger partial charge in [-0.05, 0) is 18.6 Å². The highest BCUT2D eigenvalue weighted by molar-refractivity contribution is 5.54. The van der Waals surface area contributed by atoms with E-state index >= 15 is 0 Å². The molecule has 5 nitrogen and oxygen atoms in total. The van der Waals surface area contributed by atoms with Crippen LogP contribution in [-0.4, -0.2) is 24.3 Å². The molecule has 0 aliphatic rings. The molecule has 1 unspecified atom stereocenters. The molecule has 3 rings (SSSR count). The van der Waals surface area contributed by atoms with E-state index in [9.17, 15) is 5.11 Å². The monoisotopic (exact) mass is 256 g/mol. The summed E-state index contributed by atoms with van der Waals surface area (Å²) in [5.74, 6) is 0.982. The first-order chi connectivity index (χ1) is 9.25. The Labute approximate surface area is 111 Å². The molecule has 3 aromatic rings. The van der Waals surface area contributed by atoms with Gasteiger partial charge in [-0.25, -0.2) is 9.50 Å². The van der Waals surface area contributed by atoms with Crippen molar-refractivity contribution < 1.29 is 5.11 Å². The third kappa shape index (κ3) is 2.24. The van der Waals surface area contributed by atoms with Crippen LogP contribution in [0, 0.1) is 0 Å². The smallest absolute Gasteiger partial charge is 0.108 e. The molecule has 0 amide bonds. The Bertz CT molecular complexity index is 685. The molecular formula is C14H16N4O. The number of aliphatic hydroxyl groups excluding tert-OH is 1. The molecule has 0 aliphatic carbocycles. The summed E-state index contributed by atoms with van der Waals surface area (Å²) < 4.78 is 3.75. The summed E-state index contributed by atoms with van der Waals surface area (Å²) in [6.07, 6.45) is 8.17. The van der Waals surface area contributed by atoms with Crippen LogP contribution in [0.2, 0.25) is 0 Å². The van der Waals surface area contributed by atoms with Gasteiger partial charge in [0.25, 0.3) is 0 Å². The molecule has 0 fully saturated rings. The Morgan fingerprint density at radius 2 is 2.21 bits per heavy atom. The van der Waals surface area contributed by atoms with Crippen LogP contribution in [0.15, 0.2) is 43.0 Å². The quantitative estimate of drug-likeness (QED) is 0.773. The summed E-state index contributed by atoms with van der Waals surface area (Å²) in [6, 6.07) is 5.84. The molecule has 0 aromatic carbocycles. The second kappa shape index (κ2) is 4.85. The Hall–Kier alpha value is -2.14. The van der Waals surface area contributed by atoms with E-state index in [-0.39, 0.29) is 0 Å². The van der Waals surface area contributed by atoms with E-state index in [0.29, 0.717) is 6.42 Å². The Morgan fingerprint density at radius 1 is 1.32 bits per heavy atom. The zero-order valence-electron chi connectivity index (χ0n) is 10.8. The first kappa shape index (κ1) is 11.9. The summed E-state index contributed by atoms with van der Waals surface area (Å²) in [7, 11) is 1.96. The molecule has 19 heavy (non-hydrogen) atoms. The number of fused-ring (bicyclic) bond motifs is 1. The van der Waals surface area contributed by atoms with Gasteiger partial charge in [-0.1, -0.05) is 6.07 Å². The lowest BCUT2D eigenvalue weighted by atomic mass is 10.1. The number of aliphatic hydroxyl groups is 1. The van der Waals surface area contributed by atoms with E-state index in [1.165, 1.54) is 0 Å². The lowest BCUT2D eigenvalue weighted by Crippen LogP contribution is -2.03. The molecule has 3 aromatic heterocycles. The van der Waals surface area contributed by atoms with Crippen LogP contribution < -0.4 is 0 Å². The average molecular weight is 256 g/mol. The summed E-state index contributed by atoms with van der Waals surface area (Å²) in [5, 5.41) is 14.5. The predicted molar refractivity (Wildman–Crippen MR) is 71.7 cm³/mol. The van der Waals surface area contributed by atoms with Crippen molar-refractivity contribution >= 4 is 5.52 Å². The zero-order chi connectivity index (χ0) is 13.2. The molecule has 1 N–H and O–H groups in total. The standard InChI is InChI=1S/C14H16N4O/c1-17-9-7-15-14(17)6-5-13(19)11-10-16-18-8-3-2-4-12(11)18/h2-4,7-10,13,19H,5-6H2,1H3. The van der Waals surface area contributed by atoms with Gasteiger partial charge in [0.05, 0.1) is 17.8 Å². The molecule has 3 heterocycles. The number of pyridine rings is 1. The van der Waals surface area contributed by atoms with Gasteiger partial charge in [-0.3, -0.25) is 0 Å². The maximum absolute atomic E-state index is 10.3. The van der Waals surface area contributed by atoms with Crippen molar-refractivity contribution in [1.29, 1.82) is 0 Å². The van der Waals surface area contributed by atoms with Gasteiger partial charge in [0.2, 0.25) is 0 Å². The van der Waals surface area contributed by atoms with E-state index in [1.54, 1.807) is 16.9 Å². The number of aromatic nitrogens is 4. The molecule has 0 radical (unpaired) electrons. The number of imidazole rings is 1.